The number of hydrogen-bond donors (Lipinski definition) is 1. The fourth-order valence-corrected chi connectivity index (χ4v) is 3.75. The van der Waals surface area contributed by atoms with E-state index in [1.165, 1.54) is 27.8 Å². The van der Waals surface area contributed by atoms with Crippen LogP contribution < -0.4 is 5.32 Å². The van der Waals surface area contributed by atoms with E-state index >= 15 is 0 Å². The monoisotopic (exact) mass is 340 g/mol. The summed E-state index contributed by atoms with van der Waals surface area (Å²) in [5.74, 6) is -0.0393. The van der Waals surface area contributed by atoms with Crippen LogP contribution in [0.2, 0.25) is 0 Å². The van der Waals surface area contributed by atoms with Crippen LogP contribution in [0.5, 0.6) is 0 Å². The van der Waals surface area contributed by atoms with Crippen molar-refractivity contribution in [1.82, 2.24) is 10.2 Å². The van der Waals surface area contributed by atoms with Crippen LogP contribution >= 0.6 is 0 Å². The number of carbonyl (C=O) groups excluding carboxylic acids is 1. The molecule has 0 saturated carbocycles. The van der Waals surface area contributed by atoms with Crippen molar-refractivity contribution in [3.05, 3.63) is 34.9 Å². The average Bonchev–Trinajstić information content (AvgIpc) is 2.33. The first-order valence-electron chi connectivity index (χ1n) is 7.76. The Balaban J connectivity index is 2.62. The fourth-order valence-electron chi connectivity index (χ4n) is 2.65. The summed E-state index contributed by atoms with van der Waals surface area (Å²) in [6.45, 7) is 7.79. The smallest absolute Gasteiger partial charge is 0.317 e. The average molecular weight is 340 g/mol. The van der Waals surface area contributed by atoms with Crippen LogP contribution in [0.4, 0.5) is 4.79 Å². The number of amides is 2. The minimum Gasteiger partial charge on any atom is -0.335 e. The van der Waals surface area contributed by atoms with Crippen LogP contribution in [0, 0.1) is 13.8 Å². The van der Waals surface area contributed by atoms with E-state index < -0.39 is 9.84 Å². The highest BCUT2D eigenvalue weighted by Crippen LogP contribution is 2.11. The van der Waals surface area contributed by atoms with Gasteiger partial charge in [-0.3, -0.25) is 0 Å². The fraction of sp³-hybridized carbons (Fsp3) is 0.588. The summed E-state index contributed by atoms with van der Waals surface area (Å²) < 4.78 is 22.7. The SMILES string of the molecule is Cc1cc(C)cc(C[C@@H](C)NC(=O)N(C)[C@@H](C)CS(C)(=O)=O)c1. The summed E-state index contributed by atoms with van der Waals surface area (Å²) in [6.07, 6.45) is 1.92. The molecule has 0 unspecified atom stereocenters. The third-order valence-electron chi connectivity index (χ3n) is 3.72. The van der Waals surface area contributed by atoms with Gasteiger partial charge in [0.05, 0.1) is 5.75 Å². The number of nitrogens with one attached hydrogen (secondary N) is 1. The highest BCUT2D eigenvalue weighted by molar-refractivity contribution is 7.90. The Morgan fingerprint density at radius 1 is 1.17 bits per heavy atom. The summed E-state index contributed by atoms with van der Waals surface area (Å²) in [5, 5.41) is 2.93. The Bertz CT molecular complexity index is 636. The van der Waals surface area contributed by atoms with Gasteiger partial charge in [-0.2, -0.15) is 0 Å². The zero-order valence-electron chi connectivity index (χ0n) is 14.9. The standard InChI is InChI=1S/C17H28N2O3S/c1-12-7-13(2)9-16(8-12)10-14(3)18-17(20)19(5)15(4)11-23(6,21)22/h7-9,14-15H,10-11H2,1-6H3,(H,18,20)/t14-,15+/m1/s1. The van der Waals surface area contributed by atoms with E-state index in [1.807, 2.05) is 6.92 Å². The van der Waals surface area contributed by atoms with Crippen molar-refractivity contribution in [1.29, 1.82) is 0 Å². The maximum absolute atomic E-state index is 12.2. The Morgan fingerprint density at radius 2 is 1.70 bits per heavy atom. The topological polar surface area (TPSA) is 66.5 Å². The number of rotatable bonds is 6. The van der Waals surface area contributed by atoms with Gasteiger partial charge >= 0.3 is 6.03 Å². The number of hydrogen-bond acceptors (Lipinski definition) is 3. The summed E-state index contributed by atoms with van der Waals surface area (Å²) in [4.78, 5) is 13.7. The molecule has 0 saturated heterocycles. The maximum Gasteiger partial charge on any atom is 0.317 e. The van der Waals surface area contributed by atoms with E-state index in [9.17, 15) is 13.2 Å². The zero-order chi connectivity index (χ0) is 17.8. The first kappa shape index (κ1) is 19.5. The second-order valence-corrected chi connectivity index (χ2v) is 8.79. The number of aryl methyl sites for hydroxylation is 2. The third-order valence-corrected chi connectivity index (χ3v) is 4.81. The maximum atomic E-state index is 12.2. The predicted octanol–water partition coefficient (Wildman–Crippen LogP) is 2.31. The highest BCUT2D eigenvalue weighted by atomic mass is 32.2. The molecule has 0 fully saturated rings. The molecule has 1 rings (SSSR count). The molecular formula is C17H28N2O3S. The Hall–Kier alpha value is -1.56. The van der Waals surface area contributed by atoms with Gasteiger partial charge in [0.1, 0.15) is 9.84 Å². The van der Waals surface area contributed by atoms with Crippen molar-refractivity contribution in [3.63, 3.8) is 0 Å². The van der Waals surface area contributed by atoms with Gasteiger partial charge in [-0.05, 0) is 39.7 Å². The van der Waals surface area contributed by atoms with Gasteiger partial charge in [-0.1, -0.05) is 29.3 Å². The van der Waals surface area contributed by atoms with Crippen LogP contribution in [-0.2, 0) is 16.3 Å². The predicted molar refractivity (Wildman–Crippen MR) is 94.5 cm³/mol. The largest absolute Gasteiger partial charge is 0.335 e. The summed E-state index contributed by atoms with van der Waals surface area (Å²) in [6, 6.07) is 5.71. The van der Waals surface area contributed by atoms with E-state index in [-0.39, 0.29) is 23.9 Å². The third kappa shape index (κ3) is 7.03. The van der Waals surface area contributed by atoms with Gasteiger partial charge in [0.15, 0.2) is 0 Å². The van der Waals surface area contributed by atoms with Crippen molar-refractivity contribution in [2.24, 2.45) is 0 Å². The Morgan fingerprint density at radius 3 is 2.17 bits per heavy atom. The molecule has 0 aromatic heterocycles. The van der Waals surface area contributed by atoms with Gasteiger partial charge in [-0.25, -0.2) is 13.2 Å². The molecule has 0 aliphatic rings. The van der Waals surface area contributed by atoms with E-state index in [2.05, 4.69) is 37.4 Å². The quantitative estimate of drug-likeness (QED) is 0.864. The minimum atomic E-state index is -3.11. The number of sulfone groups is 1. The lowest BCUT2D eigenvalue weighted by Crippen LogP contribution is -2.48. The Labute approximate surface area is 140 Å². The molecule has 0 radical (unpaired) electrons. The van der Waals surface area contributed by atoms with Gasteiger partial charge in [-0.15, -0.1) is 0 Å². The normalized spacial score (nSPS) is 14.2. The summed E-state index contributed by atoms with van der Waals surface area (Å²) in [5.41, 5.74) is 3.59. The molecule has 23 heavy (non-hydrogen) atoms. The van der Waals surface area contributed by atoms with Gasteiger partial charge in [0.2, 0.25) is 0 Å². The number of carbonyl (C=O) groups is 1. The second kappa shape index (κ2) is 7.81. The van der Waals surface area contributed by atoms with Crippen molar-refractivity contribution in [2.75, 3.05) is 19.1 Å². The van der Waals surface area contributed by atoms with E-state index in [0.717, 1.165) is 6.42 Å². The van der Waals surface area contributed by atoms with Crippen LogP contribution in [0.3, 0.4) is 0 Å². The lowest BCUT2D eigenvalue weighted by Gasteiger charge is -2.26. The number of nitrogens with zero attached hydrogens (tertiary/aromatic N) is 1. The Kier molecular flexibility index (Phi) is 6.62. The molecule has 0 spiro atoms. The molecule has 0 aliphatic carbocycles. The van der Waals surface area contributed by atoms with E-state index in [1.54, 1.807) is 14.0 Å². The molecule has 0 aliphatic heterocycles. The van der Waals surface area contributed by atoms with E-state index in [4.69, 9.17) is 0 Å². The van der Waals surface area contributed by atoms with Gasteiger partial charge in [0.25, 0.3) is 0 Å². The molecule has 2 atom stereocenters. The van der Waals surface area contributed by atoms with Crippen LogP contribution in [0.1, 0.15) is 30.5 Å². The minimum absolute atomic E-state index is 0.0309. The van der Waals surface area contributed by atoms with Crippen LogP contribution in [0.25, 0.3) is 0 Å². The number of urea groups is 1. The van der Waals surface area contributed by atoms with E-state index in [0.29, 0.717) is 0 Å². The van der Waals surface area contributed by atoms with Crippen LogP contribution in [-0.4, -0.2) is 50.5 Å². The highest BCUT2D eigenvalue weighted by Gasteiger charge is 2.20. The van der Waals surface area contributed by atoms with Crippen molar-refractivity contribution in [2.45, 2.75) is 46.2 Å². The van der Waals surface area contributed by atoms with Gasteiger partial charge < -0.3 is 10.2 Å². The summed E-state index contributed by atoms with van der Waals surface area (Å²) in [7, 11) is -1.49. The second-order valence-electron chi connectivity index (χ2n) is 6.60. The lowest BCUT2D eigenvalue weighted by atomic mass is 10.0. The molecule has 2 amide bonds. The van der Waals surface area contributed by atoms with Crippen LogP contribution in [0.15, 0.2) is 18.2 Å². The zero-order valence-corrected chi connectivity index (χ0v) is 15.7. The summed E-state index contributed by atoms with van der Waals surface area (Å²) >= 11 is 0. The lowest BCUT2D eigenvalue weighted by molar-refractivity contribution is 0.194. The molecule has 0 heterocycles. The molecule has 5 nitrogen and oxygen atoms in total. The number of benzene rings is 1. The molecule has 1 aromatic carbocycles. The van der Waals surface area contributed by atoms with Crippen molar-refractivity contribution < 1.29 is 13.2 Å². The molecule has 130 valence electrons. The van der Waals surface area contributed by atoms with Gasteiger partial charge in [0, 0.05) is 25.4 Å². The molecule has 0 bridgehead atoms. The molecular weight excluding hydrogens is 312 g/mol. The molecule has 6 heteroatoms. The molecule has 1 N–H and O–H groups in total. The van der Waals surface area contributed by atoms with Crippen molar-refractivity contribution in [3.8, 4) is 0 Å². The molecule has 1 aromatic rings. The first-order chi connectivity index (χ1) is 10.5. The van der Waals surface area contributed by atoms with Crippen molar-refractivity contribution >= 4 is 15.9 Å². The first-order valence-corrected chi connectivity index (χ1v) is 9.82.